The fourth-order valence-corrected chi connectivity index (χ4v) is 2.79. The molecule has 17 heavy (non-hydrogen) atoms. The summed E-state index contributed by atoms with van der Waals surface area (Å²) in [5.41, 5.74) is 5.11. The Morgan fingerprint density at radius 1 is 1.53 bits per heavy atom. The summed E-state index contributed by atoms with van der Waals surface area (Å²) in [5, 5.41) is 0. The molecule has 0 radical (unpaired) electrons. The molecule has 1 rings (SSSR count). The highest BCUT2D eigenvalue weighted by molar-refractivity contribution is 7.80. The molecule has 0 aromatic rings. The molecular weight excluding hydrogens is 236 g/mol. The third-order valence-corrected chi connectivity index (χ3v) is 4.24. The van der Waals surface area contributed by atoms with Gasteiger partial charge in [0.15, 0.2) is 0 Å². The molecule has 4 nitrogen and oxygen atoms in total. The predicted molar refractivity (Wildman–Crippen MR) is 71.8 cm³/mol. The summed E-state index contributed by atoms with van der Waals surface area (Å²) in [7, 11) is 1.68. The monoisotopic (exact) mass is 258 g/mol. The van der Waals surface area contributed by atoms with E-state index in [9.17, 15) is 4.79 Å². The minimum Gasteiger partial charge on any atom is -0.392 e. The molecule has 1 atom stereocenters. The van der Waals surface area contributed by atoms with Crippen LogP contribution in [-0.2, 0) is 9.53 Å². The van der Waals surface area contributed by atoms with Gasteiger partial charge in [-0.2, -0.15) is 0 Å². The van der Waals surface area contributed by atoms with E-state index in [1.807, 2.05) is 18.7 Å². The summed E-state index contributed by atoms with van der Waals surface area (Å²) >= 11 is 5.10. The largest absolute Gasteiger partial charge is 0.392 e. The van der Waals surface area contributed by atoms with Crippen LogP contribution < -0.4 is 5.73 Å². The summed E-state index contributed by atoms with van der Waals surface area (Å²) in [6, 6.07) is 0. The minimum absolute atomic E-state index is 0.0644. The van der Waals surface area contributed by atoms with Crippen molar-refractivity contribution in [1.29, 1.82) is 0 Å². The molecular formula is C12H22N2O2S. The van der Waals surface area contributed by atoms with Gasteiger partial charge in [-0.15, -0.1) is 0 Å². The van der Waals surface area contributed by atoms with E-state index >= 15 is 0 Å². The molecule has 0 bridgehead atoms. The van der Waals surface area contributed by atoms with E-state index in [-0.39, 0.29) is 12.0 Å². The van der Waals surface area contributed by atoms with Crippen LogP contribution in [0.2, 0.25) is 0 Å². The van der Waals surface area contributed by atoms with Crippen LogP contribution in [0.15, 0.2) is 0 Å². The Morgan fingerprint density at radius 3 is 2.47 bits per heavy atom. The van der Waals surface area contributed by atoms with Gasteiger partial charge in [0, 0.05) is 20.2 Å². The maximum atomic E-state index is 12.5. The number of nitrogens with two attached hydrogens (primary N) is 1. The highest BCUT2D eigenvalue weighted by Gasteiger charge is 2.42. The van der Waals surface area contributed by atoms with Gasteiger partial charge in [-0.25, -0.2) is 0 Å². The maximum absolute atomic E-state index is 12.5. The van der Waals surface area contributed by atoms with E-state index in [0.717, 1.165) is 13.0 Å². The summed E-state index contributed by atoms with van der Waals surface area (Å²) in [6.07, 6.45) is 2.36. The summed E-state index contributed by atoms with van der Waals surface area (Å²) in [6.45, 7) is 5.32. The number of hydrogen-bond donors (Lipinski definition) is 1. The van der Waals surface area contributed by atoms with Crippen LogP contribution in [-0.4, -0.2) is 42.1 Å². The number of hydrogen-bond acceptors (Lipinski definition) is 3. The average Bonchev–Trinajstić information content (AvgIpc) is 2.79. The number of amides is 1. The zero-order valence-electron chi connectivity index (χ0n) is 10.9. The minimum atomic E-state index is -0.669. The summed E-state index contributed by atoms with van der Waals surface area (Å²) in [5.74, 6) is 0.0644. The second kappa shape index (κ2) is 5.78. The van der Waals surface area contributed by atoms with Crippen molar-refractivity contribution in [3.05, 3.63) is 0 Å². The fourth-order valence-electron chi connectivity index (χ4n) is 2.41. The van der Waals surface area contributed by atoms with Crippen molar-refractivity contribution in [2.24, 2.45) is 11.1 Å². The number of ether oxygens (including phenoxy) is 1. The van der Waals surface area contributed by atoms with Crippen molar-refractivity contribution in [3.8, 4) is 0 Å². The Morgan fingerprint density at radius 2 is 2.12 bits per heavy atom. The van der Waals surface area contributed by atoms with Crippen molar-refractivity contribution >= 4 is 23.1 Å². The van der Waals surface area contributed by atoms with Crippen LogP contribution in [0.4, 0.5) is 0 Å². The quantitative estimate of drug-likeness (QED) is 0.756. The normalized spacial score (nSPS) is 20.6. The molecule has 1 unspecified atom stereocenters. The Hall–Kier alpha value is -0.680. The second-order valence-corrected chi connectivity index (χ2v) is 4.99. The lowest BCUT2D eigenvalue weighted by Crippen LogP contribution is -2.49. The molecule has 1 aliphatic rings. The first-order valence-electron chi connectivity index (χ1n) is 6.13. The number of nitrogens with zero attached hydrogens (tertiary/aromatic N) is 1. The maximum Gasteiger partial charge on any atom is 0.235 e. The van der Waals surface area contributed by atoms with Gasteiger partial charge in [-0.3, -0.25) is 4.79 Å². The van der Waals surface area contributed by atoms with Crippen molar-refractivity contribution in [3.63, 3.8) is 0 Å². The van der Waals surface area contributed by atoms with Crippen LogP contribution in [0.25, 0.3) is 0 Å². The van der Waals surface area contributed by atoms with Gasteiger partial charge in [0.05, 0.1) is 16.5 Å². The topological polar surface area (TPSA) is 55.6 Å². The third kappa shape index (κ3) is 2.60. The van der Waals surface area contributed by atoms with Gasteiger partial charge in [-0.05, 0) is 19.3 Å². The predicted octanol–water partition coefficient (Wildman–Crippen LogP) is 1.33. The average molecular weight is 258 g/mol. The first kappa shape index (κ1) is 14.4. The number of methoxy groups -OCH3 is 1. The second-order valence-electron chi connectivity index (χ2n) is 4.55. The number of carbonyl (C=O) groups is 1. The third-order valence-electron chi connectivity index (χ3n) is 3.85. The number of thiocarbonyl (C=S) groups is 1. The summed E-state index contributed by atoms with van der Waals surface area (Å²) < 4.78 is 5.27. The lowest BCUT2D eigenvalue weighted by atomic mass is 9.81. The van der Waals surface area contributed by atoms with Crippen LogP contribution in [0, 0.1) is 5.41 Å². The van der Waals surface area contributed by atoms with E-state index in [1.54, 1.807) is 7.11 Å². The standard InChI is InChI=1S/C12H22N2O2S/c1-4-12(5-2,10(13)17)11(15)14-7-6-9(8-14)16-3/h9H,4-8H2,1-3H3,(H2,13,17). The Kier molecular flexibility index (Phi) is 4.89. The zero-order valence-corrected chi connectivity index (χ0v) is 11.7. The van der Waals surface area contributed by atoms with Crippen LogP contribution >= 0.6 is 12.2 Å². The SMILES string of the molecule is CCC(CC)(C(=O)N1CCC(OC)C1)C(N)=S. The molecule has 2 N–H and O–H groups in total. The Bertz CT molecular complexity index is 303. The van der Waals surface area contributed by atoms with E-state index in [2.05, 4.69) is 0 Å². The molecule has 0 aliphatic carbocycles. The number of rotatable bonds is 5. The Labute approximate surface area is 108 Å². The molecule has 5 heteroatoms. The van der Waals surface area contributed by atoms with Crippen LogP contribution in [0.3, 0.4) is 0 Å². The molecule has 1 fully saturated rings. The first-order chi connectivity index (χ1) is 8.01. The molecule has 1 saturated heterocycles. The summed E-state index contributed by atoms with van der Waals surface area (Å²) in [4.78, 5) is 14.7. The highest BCUT2D eigenvalue weighted by atomic mass is 32.1. The van der Waals surface area contributed by atoms with Gasteiger partial charge in [0.1, 0.15) is 0 Å². The molecule has 0 saturated carbocycles. The molecule has 1 heterocycles. The number of carbonyl (C=O) groups excluding carboxylic acids is 1. The lowest BCUT2D eigenvalue weighted by Gasteiger charge is -2.33. The van der Waals surface area contributed by atoms with Crippen molar-refractivity contribution in [2.45, 2.75) is 39.2 Å². The van der Waals surface area contributed by atoms with Gasteiger partial charge >= 0.3 is 0 Å². The molecule has 0 spiro atoms. The first-order valence-corrected chi connectivity index (χ1v) is 6.54. The lowest BCUT2D eigenvalue weighted by molar-refractivity contribution is -0.138. The van der Waals surface area contributed by atoms with Crippen molar-refractivity contribution < 1.29 is 9.53 Å². The van der Waals surface area contributed by atoms with Crippen molar-refractivity contribution in [1.82, 2.24) is 4.90 Å². The molecule has 0 aromatic carbocycles. The van der Waals surface area contributed by atoms with Crippen LogP contribution in [0.5, 0.6) is 0 Å². The molecule has 0 aromatic heterocycles. The van der Waals surface area contributed by atoms with Crippen LogP contribution in [0.1, 0.15) is 33.1 Å². The van der Waals surface area contributed by atoms with Gasteiger partial charge < -0.3 is 15.4 Å². The van der Waals surface area contributed by atoms with E-state index in [0.29, 0.717) is 24.4 Å². The highest BCUT2D eigenvalue weighted by Crippen LogP contribution is 2.31. The van der Waals surface area contributed by atoms with Gasteiger partial charge in [-0.1, -0.05) is 26.1 Å². The van der Waals surface area contributed by atoms with E-state index in [4.69, 9.17) is 22.7 Å². The fraction of sp³-hybridized carbons (Fsp3) is 0.833. The molecule has 1 amide bonds. The molecule has 1 aliphatic heterocycles. The molecule has 98 valence electrons. The van der Waals surface area contributed by atoms with E-state index < -0.39 is 5.41 Å². The number of likely N-dealkylation sites (tertiary alicyclic amines) is 1. The van der Waals surface area contributed by atoms with Gasteiger partial charge in [0.25, 0.3) is 0 Å². The zero-order chi connectivity index (χ0) is 13.1. The smallest absolute Gasteiger partial charge is 0.235 e. The van der Waals surface area contributed by atoms with Crippen molar-refractivity contribution in [2.75, 3.05) is 20.2 Å². The van der Waals surface area contributed by atoms with Gasteiger partial charge in [0.2, 0.25) is 5.91 Å². The Balaban J connectivity index is 2.83. The van der Waals surface area contributed by atoms with E-state index in [1.165, 1.54) is 0 Å².